The summed E-state index contributed by atoms with van der Waals surface area (Å²) in [5.41, 5.74) is 3.35. The molecule has 0 aromatic heterocycles. The molecule has 2 aromatic rings. The fraction of sp³-hybridized carbons (Fsp3) is 0.400. The highest BCUT2D eigenvalue weighted by atomic mass is 16.2. The minimum absolute atomic E-state index is 0.0162. The maximum atomic E-state index is 12.7. The molecule has 4 amide bonds. The topological polar surface area (TPSA) is 98.8 Å². The molecule has 2 N–H and O–H groups in total. The summed E-state index contributed by atoms with van der Waals surface area (Å²) in [5.74, 6) is -0.250. The first kappa shape index (κ1) is 27.1. The van der Waals surface area contributed by atoms with Crippen LogP contribution in [0, 0.1) is 0 Å². The molecule has 8 nitrogen and oxygen atoms in total. The normalized spacial score (nSPS) is 19.1. The number of carbonyl (C=O) groups is 4. The molecule has 2 heterocycles. The number of rotatable bonds is 8. The monoisotopic (exact) mass is 516 g/mol. The van der Waals surface area contributed by atoms with E-state index in [1.807, 2.05) is 74.5 Å². The minimum atomic E-state index is -0.397. The van der Waals surface area contributed by atoms with Crippen molar-refractivity contribution in [3.8, 4) is 0 Å². The standard InChI is InChI=1S/C30H36N4O4/c1-3-27(35)33-19-5-7-25(33)29(37)31-23-15-11-21(12-16-23)9-10-22-13-17-24(18-14-22)32-30(38)26-8-6-20-34(26)28(36)4-2/h9-18,25-26H,3-8,19-20H2,1-2H3,(H,31,37)(H,32,38)/t25-,26-/m0/s1. The van der Waals surface area contributed by atoms with E-state index in [-0.39, 0.29) is 23.6 Å². The Hall–Kier alpha value is -3.94. The van der Waals surface area contributed by atoms with Crippen LogP contribution in [-0.4, -0.2) is 58.6 Å². The van der Waals surface area contributed by atoms with Gasteiger partial charge in [0.15, 0.2) is 0 Å². The fourth-order valence-corrected chi connectivity index (χ4v) is 5.08. The van der Waals surface area contributed by atoms with Gasteiger partial charge in [0, 0.05) is 37.3 Å². The van der Waals surface area contributed by atoms with Gasteiger partial charge in [-0.2, -0.15) is 0 Å². The predicted molar refractivity (Wildman–Crippen MR) is 149 cm³/mol. The fourth-order valence-electron chi connectivity index (χ4n) is 5.08. The molecule has 4 rings (SSSR count). The van der Waals surface area contributed by atoms with Crippen LogP contribution in [0.15, 0.2) is 48.5 Å². The second-order valence-electron chi connectivity index (χ2n) is 9.75. The number of anilines is 2. The van der Waals surface area contributed by atoms with Gasteiger partial charge in [-0.25, -0.2) is 0 Å². The highest BCUT2D eigenvalue weighted by Crippen LogP contribution is 2.22. The molecule has 8 heteroatoms. The van der Waals surface area contributed by atoms with Crippen molar-refractivity contribution < 1.29 is 19.2 Å². The van der Waals surface area contributed by atoms with Crippen LogP contribution in [0.1, 0.15) is 63.5 Å². The van der Waals surface area contributed by atoms with E-state index in [0.717, 1.165) is 24.0 Å². The average molecular weight is 517 g/mol. The summed E-state index contributed by atoms with van der Waals surface area (Å²) < 4.78 is 0. The third-order valence-corrected chi connectivity index (χ3v) is 7.18. The second-order valence-corrected chi connectivity index (χ2v) is 9.75. The lowest BCUT2D eigenvalue weighted by Gasteiger charge is -2.23. The lowest BCUT2D eigenvalue weighted by atomic mass is 10.1. The predicted octanol–water partition coefficient (Wildman–Crippen LogP) is 4.54. The van der Waals surface area contributed by atoms with E-state index in [0.29, 0.717) is 50.1 Å². The summed E-state index contributed by atoms with van der Waals surface area (Å²) in [6, 6.07) is 14.3. The van der Waals surface area contributed by atoms with Gasteiger partial charge < -0.3 is 20.4 Å². The molecule has 2 atom stereocenters. The SMILES string of the molecule is CCC(=O)N1CCC[C@H]1C(=O)Nc1ccc(C=Cc2ccc(NC(=O)[C@@H]3CCCN3C(=O)CC)cc2)cc1. The quantitative estimate of drug-likeness (QED) is 0.504. The van der Waals surface area contributed by atoms with Crippen molar-refractivity contribution in [3.05, 3.63) is 59.7 Å². The van der Waals surface area contributed by atoms with Crippen molar-refractivity contribution in [3.63, 3.8) is 0 Å². The summed E-state index contributed by atoms with van der Waals surface area (Å²) in [6.07, 6.45) is 7.84. The van der Waals surface area contributed by atoms with Crippen LogP contribution < -0.4 is 10.6 Å². The van der Waals surface area contributed by atoms with Crippen molar-refractivity contribution in [1.29, 1.82) is 0 Å². The molecule has 200 valence electrons. The van der Waals surface area contributed by atoms with Gasteiger partial charge in [-0.1, -0.05) is 50.3 Å². The van der Waals surface area contributed by atoms with Crippen LogP contribution in [0.3, 0.4) is 0 Å². The molecule has 38 heavy (non-hydrogen) atoms. The molecule has 2 fully saturated rings. The maximum absolute atomic E-state index is 12.7. The number of nitrogens with zero attached hydrogens (tertiary/aromatic N) is 2. The first-order valence-electron chi connectivity index (χ1n) is 13.5. The Balaban J connectivity index is 1.30. The Bertz CT molecular complexity index is 1100. The molecule has 0 aliphatic carbocycles. The van der Waals surface area contributed by atoms with Crippen LogP contribution in [0.5, 0.6) is 0 Å². The van der Waals surface area contributed by atoms with Gasteiger partial charge in [-0.3, -0.25) is 19.2 Å². The third-order valence-electron chi connectivity index (χ3n) is 7.18. The van der Waals surface area contributed by atoms with Gasteiger partial charge in [0.2, 0.25) is 23.6 Å². The minimum Gasteiger partial charge on any atom is -0.331 e. The van der Waals surface area contributed by atoms with Crippen LogP contribution in [0.25, 0.3) is 12.2 Å². The van der Waals surface area contributed by atoms with Crippen LogP contribution in [-0.2, 0) is 19.2 Å². The van der Waals surface area contributed by atoms with Crippen LogP contribution in [0.4, 0.5) is 11.4 Å². The van der Waals surface area contributed by atoms with Gasteiger partial charge >= 0.3 is 0 Å². The third kappa shape index (κ3) is 6.49. The van der Waals surface area contributed by atoms with Crippen molar-refractivity contribution in [1.82, 2.24) is 9.80 Å². The van der Waals surface area contributed by atoms with E-state index < -0.39 is 12.1 Å². The van der Waals surface area contributed by atoms with E-state index >= 15 is 0 Å². The molecule has 2 saturated heterocycles. The number of amides is 4. The Morgan fingerprint density at radius 1 is 0.684 bits per heavy atom. The second kappa shape index (κ2) is 12.5. The molecule has 2 aliphatic rings. The molecule has 0 spiro atoms. The summed E-state index contributed by atoms with van der Waals surface area (Å²) in [5, 5.41) is 5.87. The number of nitrogens with one attached hydrogen (secondary N) is 2. The molecular weight excluding hydrogens is 480 g/mol. The van der Waals surface area contributed by atoms with Crippen LogP contribution in [0.2, 0.25) is 0 Å². The summed E-state index contributed by atoms with van der Waals surface area (Å²) >= 11 is 0. The van der Waals surface area contributed by atoms with Crippen molar-refractivity contribution >= 4 is 47.2 Å². The van der Waals surface area contributed by atoms with Gasteiger partial charge in [0.05, 0.1) is 0 Å². The van der Waals surface area contributed by atoms with E-state index in [4.69, 9.17) is 0 Å². The summed E-state index contributed by atoms with van der Waals surface area (Å²) in [7, 11) is 0. The molecule has 0 saturated carbocycles. The van der Waals surface area contributed by atoms with E-state index in [9.17, 15) is 19.2 Å². The summed E-state index contributed by atoms with van der Waals surface area (Å²) in [4.78, 5) is 52.9. The largest absolute Gasteiger partial charge is 0.331 e. The molecule has 0 radical (unpaired) electrons. The number of hydrogen-bond donors (Lipinski definition) is 2. The summed E-state index contributed by atoms with van der Waals surface area (Å²) in [6.45, 7) is 4.91. The maximum Gasteiger partial charge on any atom is 0.247 e. The number of likely N-dealkylation sites (tertiary alicyclic amines) is 2. The number of hydrogen-bond acceptors (Lipinski definition) is 4. The number of carbonyl (C=O) groups excluding carboxylic acids is 4. The first-order valence-corrected chi connectivity index (χ1v) is 13.5. The number of benzene rings is 2. The lowest BCUT2D eigenvalue weighted by Crippen LogP contribution is -2.42. The van der Waals surface area contributed by atoms with Crippen molar-refractivity contribution in [2.24, 2.45) is 0 Å². The van der Waals surface area contributed by atoms with E-state index in [2.05, 4.69) is 10.6 Å². The Labute approximate surface area is 224 Å². The molecule has 2 aromatic carbocycles. The average Bonchev–Trinajstić information content (AvgIpc) is 3.63. The highest BCUT2D eigenvalue weighted by Gasteiger charge is 2.34. The molecule has 0 unspecified atom stereocenters. The Morgan fingerprint density at radius 3 is 1.39 bits per heavy atom. The van der Waals surface area contributed by atoms with Crippen LogP contribution >= 0.6 is 0 Å². The van der Waals surface area contributed by atoms with Gasteiger partial charge in [0.25, 0.3) is 0 Å². The van der Waals surface area contributed by atoms with E-state index in [1.165, 1.54) is 0 Å². The smallest absolute Gasteiger partial charge is 0.247 e. The zero-order valence-electron chi connectivity index (χ0n) is 22.1. The van der Waals surface area contributed by atoms with Gasteiger partial charge in [-0.15, -0.1) is 0 Å². The zero-order valence-corrected chi connectivity index (χ0v) is 22.1. The zero-order chi connectivity index (χ0) is 27.1. The molecule has 2 aliphatic heterocycles. The lowest BCUT2D eigenvalue weighted by molar-refractivity contribution is -0.136. The highest BCUT2D eigenvalue weighted by molar-refractivity contribution is 5.98. The van der Waals surface area contributed by atoms with Gasteiger partial charge in [-0.05, 0) is 61.1 Å². The molecule has 0 bridgehead atoms. The van der Waals surface area contributed by atoms with E-state index in [1.54, 1.807) is 9.80 Å². The Kier molecular flexibility index (Phi) is 8.94. The van der Waals surface area contributed by atoms with Crippen molar-refractivity contribution in [2.75, 3.05) is 23.7 Å². The first-order chi connectivity index (χ1) is 18.4. The van der Waals surface area contributed by atoms with Gasteiger partial charge in [0.1, 0.15) is 12.1 Å². The Morgan fingerprint density at radius 2 is 1.05 bits per heavy atom. The van der Waals surface area contributed by atoms with Crippen molar-refractivity contribution in [2.45, 2.75) is 64.5 Å². The molecular formula is C30H36N4O4.